The fraction of sp³-hybridized carbons (Fsp3) is 0.400. The molecular weight excluding hydrogens is 308 g/mol. The van der Waals surface area contributed by atoms with Crippen LogP contribution in [0.25, 0.3) is 0 Å². The van der Waals surface area contributed by atoms with Crippen molar-refractivity contribution in [2.24, 2.45) is 20.6 Å². The molecular formula is C10H13ClN4O2S2. The van der Waals surface area contributed by atoms with E-state index in [1.807, 2.05) is 13.8 Å². The third-order valence-electron chi connectivity index (χ3n) is 2.38. The summed E-state index contributed by atoms with van der Waals surface area (Å²) in [7, 11) is -3.83. The van der Waals surface area contributed by atoms with Crippen molar-refractivity contribution in [2.75, 3.05) is 6.54 Å². The second-order valence-corrected chi connectivity index (χ2v) is 8.32. The number of sulfonamides is 1. The molecule has 0 aromatic carbocycles. The van der Waals surface area contributed by atoms with Crippen molar-refractivity contribution in [3.05, 3.63) is 16.5 Å². The fourth-order valence-corrected chi connectivity index (χ4v) is 3.87. The summed E-state index contributed by atoms with van der Waals surface area (Å²) < 4.78 is 28.0. The minimum absolute atomic E-state index is 0.0582. The predicted octanol–water partition coefficient (Wildman–Crippen LogP) is 1.73. The van der Waals surface area contributed by atoms with Gasteiger partial charge in [-0.05, 0) is 12.1 Å². The van der Waals surface area contributed by atoms with E-state index in [9.17, 15) is 8.42 Å². The van der Waals surface area contributed by atoms with Crippen LogP contribution in [0.5, 0.6) is 0 Å². The zero-order valence-corrected chi connectivity index (χ0v) is 12.8. The first-order chi connectivity index (χ1) is 8.70. The molecule has 1 aliphatic heterocycles. The molecule has 0 unspecified atom stereocenters. The highest BCUT2D eigenvalue weighted by Crippen LogP contribution is 2.27. The third kappa shape index (κ3) is 3.26. The van der Waals surface area contributed by atoms with Crippen molar-refractivity contribution in [3.8, 4) is 0 Å². The van der Waals surface area contributed by atoms with E-state index < -0.39 is 10.0 Å². The van der Waals surface area contributed by atoms with Crippen molar-refractivity contribution in [3.63, 3.8) is 0 Å². The molecule has 1 aliphatic rings. The van der Waals surface area contributed by atoms with Gasteiger partial charge in [0.2, 0.25) is 5.96 Å². The smallest absolute Gasteiger partial charge is 0.295 e. The molecule has 1 aromatic heterocycles. The Hall–Kier alpha value is -1.12. The Kier molecular flexibility index (Phi) is 3.59. The summed E-state index contributed by atoms with van der Waals surface area (Å²) in [6.07, 6.45) is 1.71. The maximum absolute atomic E-state index is 12.0. The minimum atomic E-state index is -3.83. The normalized spacial score (nSPS) is 19.1. The number of nitrogens with zero attached hydrogens (tertiary/aromatic N) is 3. The third-order valence-corrected chi connectivity index (χ3v) is 5.36. The molecule has 0 saturated carbocycles. The Balaban J connectivity index is 2.24. The molecule has 2 heterocycles. The highest BCUT2D eigenvalue weighted by atomic mass is 35.5. The van der Waals surface area contributed by atoms with Gasteiger partial charge in [0.05, 0.1) is 10.9 Å². The number of hydrazone groups is 1. The number of nitrogens with two attached hydrogens (primary N) is 1. The molecule has 1 aromatic rings. The number of hydrogen-bond acceptors (Lipinski definition) is 4. The van der Waals surface area contributed by atoms with Gasteiger partial charge in [0, 0.05) is 11.6 Å². The van der Waals surface area contributed by atoms with Crippen molar-refractivity contribution < 1.29 is 8.42 Å². The largest absolute Gasteiger partial charge is 0.367 e. The average Bonchev–Trinajstić information content (AvgIpc) is 2.84. The van der Waals surface area contributed by atoms with Crippen LogP contribution in [0.3, 0.4) is 0 Å². The Morgan fingerprint density at radius 3 is 2.74 bits per heavy atom. The Bertz CT molecular complexity index is 648. The van der Waals surface area contributed by atoms with Gasteiger partial charge in [0.15, 0.2) is 0 Å². The lowest BCUT2D eigenvalue weighted by Crippen LogP contribution is -2.35. The SMILES string of the molecule is CC1(C)C=NN(C(N)=NS(=O)(=O)c2ccc(Cl)s2)C1. The molecule has 0 aliphatic carbocycles. The quantitative estimate of drug-likeness (QED) is 0.664. The van der Waals surface area contributed by atoms with Crippen molar-refractivity contribution in [2.45, 2.75) is 18.1 Å². The van der Waals surface area contributed by atoms with E-state index in [1.54, 1.807) is 6.21 Å². The summed E-state index contributed by atoms with van der Waals surface area (Å²) in [4.78, 5) is 0. The van der Waals surface area contributed by atoms with E-state index in [-0.39, 0.29) is 15.6 Å². The van der Waals surface area contributed by atoms with Gasteiger partial charge in [0.1, 0.15) is 4.21 Å². The highest BCUT2D eigenvalue weighted by Gasteiger charge is 2.28. The lowest BCUT2D eigenvalue weighted by atomic mass is 9.97. The van der Waals surface area contributed by atoms with Crippen LogP contribution in [0.2, 0.25) is 4.34 Å². The highest BCUT2D eigenvalue weighted by molar-refractivity contribution is 7.92. The number of rotatable bonds is 2. The Labute approximate surface area is 120 Å². The average molecular weight is 321 g/mol. The summed E-state index contributed by atoms with van der Waals surface area (Å²) in [5, 5.41) is 5.40. The van der Waals surface area contributed by atoms with Gasteiger partial charge in [-0.2, -0.15) is 13.5 Å². The van der Waals surface area contributed by atoms with Crippen LogP contribution >= 0.6 is 22.9 Å². The van der Waals surface area contributed by atoms with Crippen LogP contribution in [0.1, 0.15) is 13.8 Å². The summed E-state index contributed by atoms with van der Waals surface area (Å²) >= 11 is 6.64. The summed E-state index contributed by atoms with van der Waals surface area (Å²) in [6, 6.07) is 2.90. The van der Waals surface area contributed by atoms with Crippen LogP contribution in [-0.2, 0) is 10.0 Å². The van der Waals surface area contributed by atoms with E-state index in [1.165, 1.54) is 17.1 Å². The summed E-state index contributed by atoms with van der Waals surface area (Å²) in [5.41, 5.74) is 5.53. The second kappa shape index (κ2) is 4.77. The first-order valence-corrected chi connectivity index (χ1v) is 8.02. The Morgan fingerprint density at radius 1 is 1.58 bits per heavy atom. The number of hydrogen-bond donors (Lipinski definition) is 1. The first kappa shape index (κ1) is 14.3. The maximum atomic E-state index is 12.0. The van der Waals surface area contributed by atoms with Gasteiger partial charge in [-0.25, -0.2) is 5.01 Å². The van der Waals surface area contributed by atoms with Crippen molar-refractivity contribution >= 4 is 45.1 Å². The molecule has 0 fully saturated rings. The van der Waals surface area contributed by atoms with Gasteiger partial charge in [-0.3, -0.25) is 0 Å². The van der Waals surface area contributed by atoms with Crippen LogP contribution in [0.15, 0.2) is 25.8 Å². The lowest BCUT2D eigenvalue weighted by Gasteiger charge is -2.17. The maximum Gasteiger partial charge on any atom is 0.295 e. The molecule has 0 saturated heterocycles. The molecule has 9 heteroatoms. The molecule has 0 bridgehead atoms. The van der Waals surface area contributed by atoms with E-state index >= 15 is 0 Å². The first-order valence-electron chi connectivity index (χ1n) is 5.38. The van der Waals surface area contributed by atoms with Crippen LogP contribution in [0.4, 0.5) is 0 Å². The van der Waals surface area contributed by atoms with Gasteiger partial charge < -0.3 is 5.73 Å². The number of halogens is 1. The summed E-state index contributed by atoms with van der Waals surface area (Å²) in [6.45, 7) is 4.43. The zero-order chi connectivity index (χ0) is 14.3. The van der Waals surface area contributed by atoms with E-state index in [4.69, 9.17) is 17.3 Å². The fourth-order valence-electron chi connectivity index (χ4n) is 1.49. The Morgan fingerprint density at radius 2 is 2.26 bits per heavy atom. The van der Waals surface area contributed by atoms with Gasteiger partial charge >= 0.3 is 0 Å². The molecule has 0 amide bonds. The van der Waals surface area contributed by atoms with E-state index in [0.29, 0.717) is 10.9 Å². The minimum Gasteiger partial charge on any atom is -0.367 e. The molecule has 2 N–H and O–H groups in total. The monoisotopic (exact) mass is 320 g/mol. The van der Waals surface area contributed by atoms with Gasteiger partial charge in [-0.15, -0.1) is 15.7 Å². The predicted molar refractivity (Wildman–Crippen MR) is 77.1 cm³/mol. The van der Waals surface area contributed by atoms with E-state index in [2.05, 4.69) is 9.50 Å². The summed E-state index contributed by atoms with van der Waals surface area (Å²) in [5.74, 6) is -0.147. The standard InChI is InChI=1S/C10H13ClN4O2S2/c1-10(2)5-13-15(6-10)9(12)14-19(16,17)8-4-3-7(11)18-8/h3-5H,6H2,1-2H3,(H2,12,14). The van der Waals surface area contributed by atoms with Gasteiger partial charge in [-0.1, -0.05) is 25.4 Å². The van der Waals surface area contributed by atoms with Crippen molar-refractivity contribution in [1.82, 2.24) is 5.01 Å². The second-order valence-electron chi connectivity index (χ2n) is 4.77. The topological polar surface area (TPSA) is 88.1 Å². The number of thiophene rings is 1. The molecule has 0 radical (unpaired) electrons. The molecule has 0 spiro atoms. The van der Waals surface area contributed by atoms with Crippen LogP contribution in [-0.4, -0.2) is 32.1 Å². The van der Waals surface area contributed by atoms with Crippen LogP contribution < -0.4 is 5.73 Å². The molecule has 2 rings (SSSR count). The lowest BCUT2D eigenvalue weighted by molar-refractivity contribution is 0.383. The molecule has 0 atom stereocenters. The number of guanidine groups is 1. The van der Waals surface area contributed by atoms with Crippen LogP contribution in [0, 0.1) is 5.41 Å². The molecule has 19 heavy (non-hydrogen) atoms. The van der Waals surface area contributed by atoms with Gasteiger partial charge in [0.25, 0.3) is 10.0 Å². The van der Waals surface area contributed by atoms with E-state index in [0.717, 1.165) is 11.3 Å². The zero-order valence-electron chi connectivity index (χ0n) is 10.4. The molecule has 104 valence electrons. The molecule has 6 nitrogen and oxygen atoms in total. The van der Waals surface area contributed by atoms with Crippen molar-refractivity contribution in [1.29, 1.82) is 0 Å².